The van der Waals surface area contributed by atoms with Crippen molar-refractivity contribution in [2.75, 3.05) is 0 Å². The minimum atomic E-state index is 1.14. The molecule has 0 heterocycles. The van der Waals surface area contributed by atoms with E-state index in [2.05, 4.69) is 50.3 Å². The van der Waals surface area contributed by atoms with E-state index in [1.807, 2.05) is 0 Å². The monoisotopic (exact) mass is 258 g/mol. The molecule has 0 saturated heterocycles. The lowest BCUT2D eigenvalue weighted by Crippen LogP contribution is -1.92. The SMILES string of the molecule is CCC=C(CCCCCCCC)Cc1ccccc1. The Bertz CT molecular complexity index is 334. The summed E-state index contributed by atoms with van der Waals surface area (Å²) >= 11 is 0. The standard InChI is InChI=1S/C19H30/c1-3-5-6-7-8-10-14-18(13-4-2)17-19-15-11-9-12-16-19/h9,11-13,15-16H,3-8,10,14,17H2,1-2H3. The highest BCUT2D eigenvalue weighted by atomic mass is 14.1. The van der Waals surface area contributed by atoms with E-state index < -0.39 is 0 Å². The van der Waals surface area contributed by atoms with Crippen molar-refractivity contribution in [3.05, 3.63) is 47.5 Å². The molecule has 0 aliphatic heterocycles. The van der Waals surface area contributed by atoms with E-state index in [-0.39, 0.29) is 0 Å². The van der Waals surface area contributed by atoms with Gasteiger partial charge in [-0.15, -0.1) is 0 Å². The van der Waals surface area contributed by atoms with Crippen LogP contribution in [0.5, 0.6) is 0 Å². The fraction of sp³-hybridized carbons (Fsp3) is 0.579. The summed E-state index contributed by atoms with van der Waals surface area (Å²) in [5.74, 6) is 0. The molecule has 19 heavy (non-hydrogen) atoms. The predicted molar refractivity (Wildman–Crippen MR) is 86.5 cm³/mol. The van der Waals surface area contributed by atoms with Crippen LogP contribution < -0.4 is 0 Å². The van der Waals surface area contributed by atoms with Crippen LogP contribution in [-0.2, 0) is 6.42 Å². The normalized spacial score (nSPS) is 11.8. The quantitative estimate of drug-likeness (QED) is 0.340. The molecule has 0 aromatic heterocycles. The van der Waals surface area contributed by atoms with Crippen molar-refractivity contribution in [2.45, 2.75) is 71.6 Å². The Hall–Kier alpha value is -1.04. The first-order chi connectivity index (χ1) is 9.36. The zero-order valence-electron chi connectivity index (χ0n) is 12.8. The van der Waals surface area contributed by atoms with E-state index >= 15 is 0 Å². The van der Waals surface area contributed by atoms with Crippen molar-refractivity contribution in [2.24, 2.45) is 0 Å². The molecule has 0 radical (unpaired) electrons. The average molecular weight is 258 g/mol. The molecule has 0 aliphatic carbocycles. The molecule has 0 spiro atoms. The third kappa shape index (κ3) is 7.87. The molecule has 0 fully saturated rings. The van der Waals surface area contributed by atoms with Gasteiger partial charge in [0.15, 0.2) is 0 Å². The summed E-state index contributed by atoms with van der Waals surface area (Å²) in [6, 6.07) is 10.9. The summed E-state index contributed by atoms with van der Waals surface area (Å²) in [6.07, 6.45) is 14.4. The Morgan fingerprint density at radius 1 is 0.895 bits per heavy atom. The van der Waals surface area contributed by atoms with Crippen molar-refractivity contribution in [3.8, 4) is 0 Å². The van der Waals surface area contributed by atoms with E-state index in [1.165, 1.54) is 50.5 Å². The molecule has 1 aromatic rings. The third-order valence-electron chi connectivity index (χ3n) is 3.62. The van der Waals surface area contributed by atoms with Crippen LogP contribution >= 0.6 is 0 Å². The number of rotatable bonds is 10. The molecular weight excluding hydrogens is 228 g/mol. The molecule has 0 aliphatic rings. The molecule has 0 saturated carbocycles. The Morgan fingerprint density at radius 3 is 2.26 bits per heavy atom. The first kappa shape index (κ1) is 16.0. The number of hydrogen-bond donors (Lipinski definition) is 0. The van der Waals surface area contributed by atoms with Crippen LogP contribution in [0.15, 0.2) is 42.0 Å². The molecule has 0 atom stereocenters. The fourth-order valence-electron chi connectivity index (χ4n) is 2.54. The van der Waals surface area contributed by atoms with E-state index in [0.29, 0.717) is 0 Å². The maximum atomic E-state index is 2.43. The largest absolute Gasteiger partial charge is 0.0853 e. The second-order valence-corrected chi connectivity index (χ2v) is 5.45. The van der Waals surface area contributed by atoms with Crippen LogP contribution in [0.3, 0.4) is 0 Å². The van der Waals surface area contributed by atoms with Gasteiger partial charge in [0, 0.05) is 0 Å². The number of unbranched alkanes of at least 4 members (excludes halogenated alkanes) is 5. The zero-order valence-corrected chi connectivity index (χ0v) is 12.8. The summed E-state index contributed by atoms with van der Waals surface area (Å²) in [7, 11) is 0. The van der Waals surface area contributed by atoms with Crippen molar-refractivity contribution in [1.29, 1.82) is 0 Å². The summed E-state index contributed by atoms with van der Waals surface area (Å²) in [6.45, 7) is 4.52. The maximum Gasteiger partial charge on any atom is -0.00671 e. The molecule has 0 N–H and O–H groups in total. The van der Waals surface area contributed by atoms with Crippen LogP contribution in [0.1, 0.15) is 70.8 Å². The van der Waals surface area contributed by atoms with Gasteiger partial charge < -0.3 is 0 Å². The molecule has 0 heteroatoms. The summed E-state index contributed by atoms with van der Waals surface area (Å²) in [5, 5.41) is 0. The first-order valence-electron chi connectivity index (χ1n) is 8.08. The number of allylic oxidation sites excluding steroid dienone is 2. The summed E-state index contributed by atoms with van der Waals surface area (Å²) in [4.78, 5) is 0. The Morgan fingerprint density at radius 2 is 1.58 bits per heavy atom. The minimum absolute atomic E-state index is 1.14. The molecule has 0 amide bonds. The van der Waals surface area contributed by atoms with Gasteiger partial charge >= 0.3 is 0 Å². The van der Waals surface area contributed by atoms with Crippen molar-refractivity contribution in [1.82, 2.24) is 0 Å². The first-order valence-corrected chi connectivity index (χ1v) is 8.08. The van der Waals surface area contributed by atoms with Crippen LogP contribution in [0.25, 0.3) is 0 Å². The summed E-state index contributed by atoms with van der Waals surface area (Å²) in [5.41, 5.74) is 3.08. The number of hydrogen-bond acceptors (Lipinski definition) is 0. The highest BCUT2D eigenvalue weighted by Gasteiger charge is 2.00. The highest BCUT2D eigenvalue weighted by Crippen LogP contribution is 2.17. The van der Waals surface area contributed by atoms with Crippen LogP contribution in [0.4, 0.5) is 0 Å². The van der Waals surface area contributed by atoms with Crippen LogP contribution in [0.2, 0.25) is 0 Å². The van der Waals surface area contributed by atoms with E-state index in [0.717, 1.165) is 12.8 Å². The predicted octanol–water partition coefficient (Wildman–Crippen LogP) is 6.32. The van der Waals surface area contributed by atoms with Crippen LogP contribution in [-0.4, -0.2) is 0 Å². The van der Waals surface area contributed by atoms with Gasteiger partial charge in [-0.25, -0.2) is 0 Å². The molecular formula is C19H30. The topological polar surface area (TPSA) is 0 Å². The van der Waals surface area contributed by atoms with E-state index in [4.69, 9.17) is 0 Å². The van der Waals surface area contributed by atoms with E-state index in [9.17, 15) is 0 Å². The van der Waals surface area contributed by atoms with Gasteiger partial charge in [0.25, 0.3) is 0 Å². The Kier molecular flexibility index (Phi) is 9.14. The van der Waals surface area contributed by atoms with Crippen molar-refractivity contribution in [3.63, 3.8) is 0 Å². The van der Waals surface area contributed by atoms with Crippen LogP contribution in [0, 0.1) is 0 Å². The van der Waals surface area contributed by atoms with Crippen molar-refractivity contribution < 1.29 is 0 Å². The van der Waals surface area contributed by atoms with Gasteiger partial charge in [0.2, 0.25) is 0 Å². The Balaban J connectivity index is 2.27. The maximum absolute atomic E-state index is 2.43. The lowest BCUT2D eigenvalue weighted by molar-refractivity contribution is 0.604. The molecule has 106 valence electrons. The minimum Gasteiger partial charge on any atom is -0.0853 e. The van der Waals surface area contributed by atoms with Crippen molar-refractivity contribution >= 4 is 0 Å². The van der Waals surface area contributed by atoms with Gasteiger partial charge in [-0.05, 0) is 31.2 Å². The zero-order chi connectivity index (χ0) is 13.8. The van der Waals surface area contributed by atoms with Gasteiger partial charge in [0.05, 0.1) is 0 Å². The summed E-state index contributed by atoms with van der Waals surface area (Å²) < 4.78 is 0. The molecule has 1 aromatic carbocycles. The highest BCUT2D eigenvalue weighted by molar-refractivity contribution is 5.21. The third-order valence-corrected chi connectivity index (χ3v) is 3.62. The second-order valence-electron chi connectivity index (χ2n) is 5.45. The van der Waals surface area contributed by atoms with Gasteiger partial charge in [0.1, 0.15) is 0 Å². The lowest BCUT2D eigenvalue weighted by atomic mass is 9.98. The lowest BCUT2D eigenvalue weighted by Gasteiger charge is -2.08. The van der Waals surface area contributed by atoms with Gasteiger partial charge in [-0.2, -0.15) is 0 Å². The second kappa shape index (κ2) is 10.8. The number of benzene rings is 1. The molecule has 0 unspecified atom stereocenters. The molecule has 0 bridgehead atoms. The Labute approximate surface area is 119 Å². The van der Waals surface area contributed by atoms with Gasteiger partial charge in [-0.1, -0.05) is 87.9 Å². The molecule has 0 nitrogen and oxygen atoms in total. The smallest absolute Gasteiger partial charge is 0.00671 e. The average Bonchev–Trinajstić information content (AvgIpc) is 2.44. The molecule has 1 rings (SSSR count). The van der Waals surface area contributed by atoms with E-state index in [1.54, 1.807) is 5.57 Å². The fourth-order valence-corrected chi connectivity index (χ4v) is 2.54. The van der Waals surface area contributed by atoms with Gasteiger partial charge in [-0.3, -0.25) is 0 Å².